The van der Waals surface area contributed by atoms with Crippen LogP contribution in [0.25, 0.3) is 60.9 Å². The Bertz CT molecular complexity index is 3290. The van der Waals surface area contributed by atoms with Crippen LogP contribution in [0.1, 0.15) is 16.8 Å². The lowest BCUT2D eigenvalue weighted by Gasteiger charge is -2.31. The molecule has 2 heterocycles. The molecule has 6 heteroatoms. The first kappa shape index (κ1) is 41.3. The highest BCUT2D eigenvalue weighted by Crippen LogP contribution is 2.50. The van der Waals surface area contributed by atoms with Crippen molar-refractivity contribution in [3.8, 4) is 33.8 Å². The fourth-order valence-corrected chi connectivity index (χ4v) is 8.51. The van der Waals surface area contributed by atoms with Gasteiger partial charge >= 0.3 is 0 Å². The van der Waals surface area contributed by atoms with E-state index >= 15 is 0 Å². The van der Waals surface area contributed by atoms with E-state index in [1.54, 1.807) is 6.08 Å². The molecular weight excluding hydrogens is 805 g/mol. The van der Waals surface area contributed by atoms with Gasteiger partial charge in [-0.15, -0.1) is 0 Å². The molecule has 0 N–H and O–H groups in total. The third-order valence-electron chi connectivity index (χ3n) is 11.8. The predicted octanol–water partition coefficient (Wildman–Crippen LogP) is 15.9. The maximum atomic E-state index is 5.43. The molecule has 0 fully saturated rings. The van der Waals surface area contributed by atoms with E-state index < -0.39 is 0 Å². The lowest BCUT2D eigenvalue weighted by molar-refractivity contribution is 1.08. The first-order valence-corrected chi connectivity index (χ1v) is 22.0. The molecule has 6 nitrogen and oxygen atoms in total. The Morgan fingerprint density at radius 1 is 0.409 bits per heavy atom. The van der Waals surface area contributed by atoms with E-state index in [2.05, 4.69) is 176 Å². The van der Waals surface area contributed by atoms with Crippen LogP contribution in [0.2, 0.25) is 0 Å². The van der Waals surface area contributed by atoms with Crippen LogP contribution in [-0.4, -0.2) is 19.9 Å². The Morgan fingerprint density at radius 3 is 1.12 bits per heavy atom. The minimum absolute atomic E-state index is 0.511. The normalized spacial score (nSPS) is 11.4. The zero-order valence-electron chi connectivity index (χ0n) is 36.9. The second kappa shape index (κ2) is 18.2. The smallest absolute Gasteiger partial charge is 0.235 e. The number of aryl methyl sites for hydroxylation is 2. The van der Waals surface area contributed by atoms with Gasteiger partial charge in [-0.05, 0) is 55.8 Å². The molecule has 0 aliphatic carbocycles. The van der Waals surface area contributed by atoms with E-state index in [9.17, 15) is 0 Å². The molecule has 0 amide bonds. The summed E-state index contributed by atoms with van der Waals surface area (Å²) in [6.45, 7) is 12.4. The van der Waals surface area contributed by atoms with Crippen molar-refractivity contribution in [2.45, 2.75) is 13.8 Å². The highest BCUT2D eigenvalue weighted by Gasteiger charge is 2.29. The minimum Gasteiger partial charge on any atom is -0.278 e. The molecule has 0 bridgehead atoms. The van der Waals surface area contributed by atoms with E-state index in [-0.39, 0.29) is 0 Å². The summed E-state index contributed by atoms with van der Waals surface area (Å²) in [6.07, 6.45) is 5.51. The number of anilines is 6. The average molecular weight is 851 g/mol. The topological polar surface area (TPSA) is 58.0 Å². The van der Waals surface area contributed by atoms with Crippen LogP contribution in [0, 0.1) is 13.8 Å². The largest absolute Gasteiger partial charge is 0.278 e. The van der Waals surface area contributed by atoms with Crippen molar-refractivity contribution in [2.75, 3.05) is 9.80 Å². The Morgan fingerprint density at radius 2 is 0.758 bits per heavy atom. The number of hydrogen-bond donors (Lipinski definition) is 0. The molecule has 0 atom stereocenters. The van der Waals surface area contributed by atoms with Gasteiger partial charge < -0.3 is 0 Å². The van der Waals surface area contributed by atoms with Gasteiger partial charge in [0.25, 0.3) is 0 Å². The molecule has 2 aromatic heterocycles. The van der Waals surface area contributed by atoms with E-state index in [1.807, 2.05) is 72.8 Å². The van der Waals surface area contributed by atoms with E-state index in [4.69, 9.17) is 19.9 Å². The summed E-state index contributed by atoms with van der Waals surface area (Å²) >= 11 is 0. The molecule has 66 heavy (non-hydrogen) atoms. The van der Waals surface area contributed by atoms with Crippen LogP contribution in [0.4, 0.5) is 34.6 Å². The summed E-state index contributed by atoms with van der Waals surface area (Å²) in [6, 6.07) is 69.3. The molecule has 0 spiro atoms. The van der Waals surface area contributed by atoms with Crippen LogP contribution in [-0.2, 0) is 0 Å². The minimum atomic E-state index is 0.511. The molecule has 0 saturated heterocycles. The lowest BCUT2D eigenvalue weighted by atomic mass is 9.96. The summed E-state index contributed by atoms with van der Waals surface area (Å²) in [4.78, 5) is 26.1. The Hall–Kier alpha value is -8.74. The van der Waals surface area contributed by atoms with Gasteiger partial charge in [0.15, 0.2) is 0 Å². The maximum Gasteiger partial charge on any atom is 0.235 e. The predicted molar refractivity (Wildman–Crippen MR) is 276 cm³/mol. The van der Waals surface area contributed by atoms with Crippen LogP contribution < -0.4 is 9.80 Å². The van der Waals surface area contributed by atoms with E-state index in [0.717, 1.165) is 100 Å². The number of fused-ring (bicyclic) bond motifs is 2. The van der Waals surface area contributed by atoms with Crippen molar-refractivity contribution in [2.24, 2.45) is 0 Å². The summed E-state index contributed by atoms with van der Waals surface area (Å²) < 4.78 is 0. The molecule has 0 unspecified atom stereocenters. The van der Waals surface area contributed by atoms with Crippen LogP contribution in [0.5, 0.6) is 0 Å². The van der Waals surface area contributed by atoms with Gasteiger partial charge in [-0.1, -0.05) is 206 Å². The molecule has 10 aromatic rings. The second-order valence-electron chi connectivity index (χ2n) is 16.2. The van der Waals surface area contributed by atoms with Crippen LogP contribution in [0.15, 0.2) is 232 Å². The highest BCUT2D eigenvalue weighted by atomic mass is 15.3. The first-order valence-electron chi connectivity index (χ1n) is 22.0. The van der Waals surface area contributed by atoms with Gasteiger partial charge in [-0.3, -0.25) is 9.80 Å². The third kappa shape index (κ3) is 8.04. The SMILES string of the molecule is C=C/C=C(\C=C)c1cc(-c2ccccc2)nc(N(c2ccc(C)cc2)c2c3ccccc3c(N(c3ccc(C)cc3)c3nc(-c4ccccc4)cc(-c4ccccc4)n3)c3ccccc23)n1. The van der Waals surface area contributed by atoms with Crippen molar-refractivity contribution < 1.29 is 0 Å². The van der Waals surface area contributed by atoms with Gasteiger partial charge in [0.1, 0.15) is 0 Å². The van der Waals surface area contributed by atoms with Gasteiger partial charge in [-0.25, -0.2) is 19.9 Å². The molecular formula is C60H46N6. The van der Waals surface area contributed by atoms with Gasteiger partial charge in [0.05, 0.1) is 34.2 Å². The fourth-order valence-electron chi connectivity index (χ4n) is 8.51. The van der Waals surface area contributed by atoms with Crippen molar-refractivity contribution >= 4 is 61.8 Å². The van der Waals surface area contributed by atoms with Crippen molar-refractivity contribution in [3.63, 3.8) is 0 Å². The molecule has 0 aliphatic rings. The summed E-state index contributed by atoms with van der Waals surface area (Å²) in [7, 11) is 0. The number of aromatic nitrogens is 4. The number of benzene rings is 8. The Balaban J connectivity index is 1.31. The zero-order valence-corrected chi connectivity index (χ0v) is 36.9. The molecule has 10 rings (SSSR count). The Labute approximate surface area is 385 Å². The average Bonchev–Trinajstić information content (AvgIpc) is 3.38. The van der Waals surface area contributed by atoms with Crippen molar-refractivity contribution in [1.82, 2.24) is 19.9 Å². The van der Waals surface area contributed by atoms with E-state index in [0.29, 0.717) is 11.9 Å². The quantitative estimate of drug-likeness (QED) is 0.0693. The summed E-state index contributed by atoms with van der Waals surface area (Å²) in [5.41, 5.74) is 13.0. The number of rotatable bonds is 12. The second-order valence-corrected chi connectivity index (χ2v) is 16.2. The maximum absolute atomic E-state index is 5.43. The molecule has 8 aromatic carbocycles. The standard InChI is InChI=1S/C60H46N6/c1-5-20-43(6-2)53-39-54(44-21-10-7-11-22-44)62-59(61-53)65(47-35-31-41(3)32-36-47)57-49-27-16-18-29-51(49)58(52-30-19-17-28-50(52)57)66(48-37-33-42(4)34-38-48)60-63-55(45-23-12-8-13-24-45)40-56(64-60)46-25-14-9-15-26-46/h5-40H,1-2H2,3-4H3/b43-20+. The molecule has 0 aliphatic heterocycles. The summed E-state index contributed by atoms with van der Waals surface area (Å²) in [5, 5.41) is 3.98. The zero-order chi connectivity index (χ0) is 45.0. The monoisotopic (exact) mass is 850 g/mol. The third-order valence-corrected chi connectivity index (χ3v) is 11.8. The molecule has 0 saturated carbocycles. The van der Waals surface area contributed by atoms with E-state index in [1.165, 1.54) is 0 Å². The van der Waals surface area contributed by atoms with Crippen molar-refractivity contribution in [3.05, 3.63) is 248 Å². The van der Waals surface area contributed by atoms with Gasteiger partial charge in [0.2, 0.25) is 11.9 Å². The highest BCUT2D eigenvalue weighted by molar-refractivity contribution is 6.23. The summed E-state index contributed by atoms with van der Waals surface area (Å²) in [5.74, 6) is 1.06. The van der Waals surface area contributed by atoms with Crippen LogP contribution >= 0.6 is 0 Å². The van der Waals surface area contributed by atoms with Crippen molar-refractivity contribution in [1.29, 1.82) is 0 Å². The molecule has 0 radical (unpaired) electrons. The van der Waals surface area contributed by atoms with Gasteiger partial charge in [-0.2, -0.15) is 0 Å². The first-order chi connectivity index (χ1) is 32.5. The number of allylic oxidation sites excluding steroid dienone is 4. The number of hydrogen-bond acceptors (Lipinski definition) is 6. The fraction of sp³-hybridized carbons (Fsp3) is 0.0333. The Kier molecular flexibility index (Phi) is 11.4. The molecule has 316 valence electrons. The van der Waals surface area contributed by atoms with Crippen LogP contribution in [0.3, 0.4) is 0 Å². The lowest BCUT2D eigenvalue weighted by Crippen LogP contribution is -2.18. The van der Waals surface area contributed by atoms with Gasteiger partial charge in [0, 0.05) is 49.6 Å². The number of nitrogens with zero attached hydrogens (tertiary/aromatic N) is 6.